The van der Waals surface area contributed by atoms with E-state index in [0.29, 0.717) is 16.4 Å². The predicted octanol–water partition coefficient (Wildman–Crippen LogP) is 1.44. The van der Waals surface area contributed by atoms with E-state index in [9.17, 15) is 0 Å². The Labute approximate surface area is 116 Å². The Bertz CT molecular complexity index is 481. The molecule has 104 valence electrons. The number of rotatable bonds is 3. The van der Waals surface area contributed by atoms with Gasteiger partial charge in [0.05, 0.1) is 11.1 Å². The van der Waals surface area contributed by atoms with Crippen molar-refractivity contribution in [2.24, 2.45) is 10.9 Å². The van der Waals surface area contributed by atoms with Gasteiger partial charge in [-0.3, -0.25) is 0 Å². The molecule has 19 heavy (non-hydrogen) atoms. The normalized spacial score (nSPS) is 20.6. The van der Waals surface area contributed by atoms with E-state index < -0.39 is 0 Å². The van der Waals surface area contributed by atoms with E-state index in [1.807, 2.05) is 0 Å². The lowest BCUT2D eigenvalue weighted by atomic mass is 10.1. The number of hydrogen-bond acceptors (Lipinski definition) is 5. The van der Waals surface area contributed by atoms with Crippen LogP contribution in [0.2, 0.25) is 5.02 Å². The molecule has 0 saturated carbocycles. The molecular formula is C12H17ClN4O2. The SMILES string of the molecule is COC1CCCN(c2nccc(/C(N)=N/O)c2Cl)C1. The first-order valence-electron chi connectivity index (χ1n) is 6.07. The van der Waals surface area contributed by atoms with E-state index >= 15 is 0 Å². The first-order valence-corrected chi connectivity index (χ1v) is 6.45. The van der Waals surface area contributed by atoms with Gasteiger partial charge in [0, 0.05) is 32.0 Å². The number of halogens is 1. The van der Waals surface area contributed by atoms with Crippen LogP contribution in [0.25, 0.3) is 0 Å². The summed E-state index contributed by atoms with van der Waals surface area (Å²) in [5.41, 5.74) is 6.07. The third-order valence-electron chi connectivity index (χ3n) is 3.27. The second-order valence-corrected chi connectivity index (χ2v) is 4.81. The minimum Gasteiger partial charge on any atom is -0.409 e. The smallest absolute Gasteiger partial charge is 0.171 e. The molecule has 7 heteroatoms. The van der Waals surface area contributed by atoms with Gasteiger partial charge in [-0.1, -0.05) is 16.8 Å². The number of nitrogens with zero attached hydrogens (tertiary/aromatic N) is 3. The predicted molar refractivity (Wildman–Crippen MR) is 74.0 cm³/mol. The zero-order chi connectivity index (χ0) is 13.8. The van der Waals surface area contributed by atoms with E-state index in [2.05, 4.69) is 15.0 Å². The number of amidine groups is 1. The lowest BCUT2D eigenvalue weighted by Crippen LogP contribution is -2.40. The van der Waals surface area contributed by atoms with E-state index in [1.54, 1.807) is 19.4 Å². The molecule has 0 radical (unpaired) electrons. The number of anilines is 1. The molecular weight excluding hydrogens is 268 g/mol. The third kappa shape index (κ3) is 2.90. The van der Waals surface area contributed by atoms with Crippen LogP contribution in [0.15, 0.2) is 17.4 Å². The molecule has 0 bridgehead atoms. The lowest BCUT2D eigenvalue weighted by molar-refractivity contribution is 0.0891. The average molecular weight is 285 g/mol. The molecule has 1 unspecified atom stereocenters. The van der Waals surface area contributed by atoms with Crippen LogP contribution in [0.1, 0.15) is 18.4 Å². The monoisotopic (exact) mass is 284 g/mol. The van der Waals surface area contributed by atoms with Gasteiger partial charge in [-0.2, -0.15) is 0 Å². The van der Waals surface area contributed by atoms with Crippen molar-refractivity contribution in [2.75, 3.05) is 25.1 Å². The number of methoxy groups -OCH3 is 1. The molecule has 0 spiro atoms. The highest BCUT2D eigenvalue weighted by atomic mass is 35.5. The number of nitrogens with two attached hydrogens (primary N) is 1. The van der Waals surface area contributed by atoms with Crippen molar-refractivity contribution in [2.45, 2.75) is 18.9 Å². The Kier molecular flexibility index (Phi) is 4.44. The van der Waals surface area contributed by atoms with Crippen LogP contribution < -0.4 is 10.6 Å². The highest BCUT2D eigenvalue weighted by Crippen LogP contribution is 2.29. The summed E-state index contributed by atoms with van der Waals surface area (Å²) in [5.74, 6) is 0.626. The quantitative estimate of drug-likeness (QED) is 0.380. The van der Waals surface area contributed by atoms with Crippen LogP contribution in [-0.4, -0.2) is 42.3 Å². The third-order valence-corrected chi connectivity index (χ3v) is 3.64. The van der Waals surface area contributed by atoms with Crippen molar-refractivity contribution in [1.82, 2.24) is 4.98 Å². The van der Waals surface area contributed by atoms with Gasteiger partial charge in [-0.25, -0.2) is 4.98 Å². The summed E-state index contributed by atoms with van der Waals surface area (Å²) in [4.78, 5) is 6.36. The van der Waals surface area contributed by atoms with Crippen molar-refractivity contribution in [3.05, 3.63) is 22.8 Å². The van der Waals surface area contributed by atoms with Gasteiger partial charge in [-0.05, 0) is 18.9 Å². The summed E-state index contributed by atoms with van der Waals surface area (Å²) >= 11 is 6.29. The van der Waals surface area contributed by atoms with Crippen molar-refractivity contribution < 1.29 is 9.94 Å². The molecule has 1 aliphatic heterocycles. The van der Waals surface area contributed by atoms with Gasteiger partial charge in [0.15, 0.2) is 5.84 Å². The molecule has 1 aromatic rings. The van der Waals surface area contributed by atoms with Crippen molar-refractivity contribution in [3.63, 3.8) is 0 Å². The summed E-state index contributed by atoms with van der Waals surface area (Å²) in [7, 11) is 1.70. The van der Waals surface area contributed by atoms with Gasteiger partial charge in [-0.15, -0.1) is 0 Å². The second kappa shape index (κ2) is 6.08. The van der Waals surface area contributed by atoms with Crippen LogP contribution in [0.5, 0.6) is 0 Å². The molecule has 3 N–H and O–H groups in total. The maximum absolute atomic E-state index is 8.74. The van der Waals surface area contributed by atoms with Gasteiger partial charge >= 0.3 is 0 Å². The molecule has 1 aliphatic rings. The Hall–Kier alpha value is -1.53. The molecule has 1 saturated heterocycles. The summed E-state index contributed by atoms with van der Waals surface area (Å²) < 4.78 is 5.38. The fourth-order valence-electron chi connectivity index (χ4n) is 2.23. The molecule has 1 aromatic heterocycles. The summed E-state index contributed by atoms with van der Waals surface area (Å²) in [5, 5.41) is 12.1. The van der Waals surface area contributed by atoms with Gasteiger partial charge in [0.1, 0.15) is 5.82 Å². The summed E-state index contributed by atoms with van der Waals surface area (Å²) in [6.45, 7) is 1.61. The van der Waals surface area contributed by atoms with Crippen LogP contribution in [0.3, 0.4) is 0 Å². The topological polar surface area (TPSA) is 84.0 Å². The number of hydrogen-bond donors (Lipinski definition) is 2. The van der Waals surface area contributed by atoms with Crippen LogP contribution >= 0.6 is 11.6 Å². The summed E-state index contributed by atoms with van der Waals surface area (Å²) in [6.07, 6.45) is 3.83. The molecule has 6 nitrogen and oxygen atoms in total. The van der Waals surface area contributed by atoms with Crippen LogP contribution in [0, 0.1) is 0 Å². The van der Waals surface area contributed by atoms with Crippen molar-refractivity contribution in [3.8, 4) is 0 Å². The van der Waals surface area contributed by atoms with E-state index in [-0.39, 0.29) is 11.9 Å². The highest BCUT2D eigenvalue weighted by molar-refractivity contribution is 6.36. The summed E-state index contributed by atoms with van der Waals surface area (Å²) in [6, 6.07) is 1.62. The van der Waals surface area contributed by atoms with Crippen LogP contribution in [0.4, 0.5) is 5.82 Å². The minimum atomic E-state index is -0.0195. The zero-order valence-electron chi connectivity index (χ0n) is 10.7. The number of oxime groups is 1. The Balaban J connectivity index is 2.30. The Morgan fingerprint density at radius 1 is 1.68 bits per heavy atom. The largest absolute Gasteiger partial charge is 0.409 e. The molecule has 2 rings (SSSR count). The van der Waals surface area contributed by atoms with Crippen molar-refractivity contribution in [1.29, 1.82) is 0 Å². The molecule has 1 atom stereocenters. The number of aromatic nitrogens is 1. The van der Waals surface area contributed by atoms with Crippen LogP contribution in [-0.2, 0) is 4.74 Å². The van der Waals surface area contributed by atoms with Crippen molar-refractivity contribution >= 4 is 23.3 Å². The van der Waals surface area contributed by atoms with Gasteiger partial charge in [0.2, 0.25) is 0 Å². The number of pyridine rings is 1. The zero-order valence-corrected chi connectivity index (χ0v) is 11.5. The fraction of sp³-hybridized carbons (Fsp3) is 0.500. The van der Waals surface area contributed by atoms with Gasteiger partial charge in [0.25, 0.3) is 0 Å². The second-order valence-electron chi connectivity index (χ2n) is 4.43. The standard InChI is InChI=1S/C12H17ClN4O2/c1-19-8-3-2-6-17(7-8)12-10(13)9(4-5-15-12)11(14)16-18/h4-5,8,18H,2-3,6-7H2,1H3,(H2,14,16). The Morgan fingerprint density at radius 3 is 3.16 bits per heavy atom. The molecule has 2 heterocycles. The van der Waals surface area contributed by atoms with E-state index in [4.69, 9.17) is 27.3 Å². The number of ether oxygens (including phenoxy) is 1. The Morgan fingerprint density at radius 2 is 2.47 bits per heavy atom. The lowest BCUT2D eigenvalue weighted by Gasteiger charge is -2.33. The molecule has 0 amide bonds. The maximum atomic E-state index is 8.74. The maximum Gasteiger partial charge on any atom is 0.171 e. The average Bonchev–Trinajstić information content (AvgIpc) is 2.46. The van der Waals surface area contributed by atoms with E-state index in [1.165, 1.54) is 0 Å². The van der Waals surface area contributed by atoms with Gasteiger partial charge < -0.3 is 20.6 Å². The van der Waals surface area contributed by atoms with E-state index in [0.717, 1.165) is 25.9 Å². The molecule has 0 aliphatic carbocycles. The minimum absolute atomic E-state index is 0.0195. The first kappa shape index (κ1) is 13.9. The molecule has 0 aromatic carbocycles. The number of piperidine rings is 1. The fourth-order valence-corrected chi connectivity index (χ4v) is 2.56. The highest BCUT2D eigenvalue weighted by Gasteiger charge is 2.23. The first-order chi connectivity index (χ1) is 9.17. The molecule has 1 fully saturated rings.